The molecule has 2 nitrogen and oxygen atoms in total. The van der Waals surface area contributed by atoms with Crippen molar-refractivity contribution >= 4 is 23.1 Å². The zero-order chi connectivity index (χ0) is 14.7. The van der Waals surface area contributed by atoms with Crippen LogP contribution >= 0.6 is 11.6 Å². The molecule has 0 radical (unpaired) electrons. The molecule has 20 heavy (non-hydrogen) atoms. The lowest BCUT2D eigenvalue weighted by Crippen LogP contribution is -2.07. The summed E-state index contributed by atoms with van der Waals surface area (Å²) in [6, 6.07) is 11.4. The van der Waals surface area contributed by atoms with Gasteiger partial charge in [-0.25, -0.2) is 4.39 Å². The highest BCUT2D eigenvalue weighted by Crippen LogP contribution is 2.24. The molecule has 0 heterocycles. The number of nitrogen functional groups attached to an aromatic ring is 1. The highest BCUT2D eigenvalue weighted by molar-refractivity contribution is 6.30. The zero-order valence-corrected chi connectivity index (χ0v) is 11.8. The van der Waals surface area contributed by atoms with Crippen LogP contribution in [0, 0.1) is 5.82 Å². The van der Waals surface area contributed by atoms with Crippen molar-refractivity contribution in [2.45, 2.75) is 19.3 Å². The van der Waals surface area contributed by atoms with Gasteiger partial charge in [0.15, 0.2) is 5.78 Å². The minimum absolute atomic E-state index is 0.00169. The molecule has 2 aromatic rings. The van der Waals surface area contributed by atoms with Gasteiger partial charge in [0, 0.05) is 17.1 Å². The van der Waals surface area contributed by atoms with E-state index in [4.69, 9.17) is 17.3 Å². The van der Waals surface area contributed by atoms with E-state index in [-0.39, 0.29) is 28.7 Å². The molecule has 2 rings (SSSR count). The summed E-state index contributed by atoms with van der Waals surface area (Å²) in [7, 11) is 0. The third-order valence-electron chi connectivity index (χ3n) is 3.23. The summed E-state index contributed by atoms with van der Waals surface area (Å²) in [6.45, 7) is 1.93. The van der Waals surface area contributed by atoms with Crippen molar-refractivity contribution in [3.8, 4) is 0 Å². The van der Waals surface area contributed by atoms with Crippen LogP contribution in [0.25, 0.3) is 0 Å². The van der Waals surface area contributed by atoms with E-state index in [1.807, 2.05) is 19.1 Å². The first-order valence-corrected chi connectivity index (χ1v) is 6.69. The molecule has 2 aromatic carbocycles. The van der Waals surface area contributed by atoms with Gasteiger partial charge in [-0.2, -0.15) is 0 Å². The van der Waals surface area contributed by atoms with Crippen LogP contribution in [0.5, 0.6) is 0 Å². The first-order chi connectivity index (χ1) is 9.47. The molecule has 0 amide bonds. The quantitative estimate of drug-likeness (QED) is 0.668. The molecule has 0 fully saturated rings. The van der Waals surface area contributed by atoms with Gasteiger partial charge in [-0.3, -0.25) is 4.79 Å². The third-order valence-corrected chi connectivity index (χ3v) is 3.46. The first-order valence-electron chi connectivity index (χ1n) is 6.31. The molecular formula is C16H15ClFNO. The standard InChI is InChI=1S/C16H15ClFNO/c1-10(11-2-5-13(19)6-3-11)8-16(20)14-7-4-12(17)9-15(14)18/h2-7,9-10H,8,19H2,1H3. The Morgan fingerprint density at radius 1 is 1.25 bits per heavy atom. The number of carbonyl (C=O) groups excluding carboxylic acids is 1. The molecule has 0 saturated heterocycles. The number of rotatable bonds is 4. The summed E-state index contributed by atoms with van der Waals surface area (Å²) in [5, 5.41) is 0.283. The van der Waals surface area contributed by atoms with Crippen molar-refractivity contribution in [3.63, 3.8) is 0 Å². The maximum Gasteiger partial charge on any atom is 0.166 e. The first kappa shape index (κ1) is 14.5. The number of carbonyl (C=O) groups is 1. The molecule has 2 N–H and O–H groups in total. The van der Waals surface area contributed by atoms with Gasteiger partial charge in [0.1, 0.15) is 5.82 Å². The Balaban J connectivity index is 2.13. The molecule has 0 spiro atoms. The number of Topliss-reactive ketones (excluding diaryl/α,β-unsaturated/α-hetero) is 1. The minimum atomic E-state index is -0.577. The maximum absolute atomic E-state index is 13.7. The largest absolute Gasteiger partial charge is 0.399 e. The average molecular weight is 292 g/mol. The zero-order valence-electron chi connectivity index (χ0n) is 11.1. The van der Waals surface area contributed by atoms with Crippen LogP contribution in [-0.4, -0.2) is 5.78 Å². The molecule has 0 aliphatic carbocycles. The summed E-state index contributed by atoms with van der Waals surface area (Å²) < 4.78 is 13.7. The molecule has 0 aromatic heterocycles. The fourth-order valence-electron chi connectivity index (χ4n) is 2.05. The summed E-state index contributed by atoms with van der Waals surface area (Å²) in [5.41, 5.74) is 7.38. The van der Waals surface area contributed by atoms with Crippen LogP contribution in [0.2, 0.25) is 5.02 Å². The van der Waals surface area contributed by atoms with Crippen LogP contribution in [0.15, 0.2) is 42.5 Å². The Bertz CT molecular complexity index is 625. The molecular weight excluding hydrogens is 277 g/mol. The number of nitrogens with two attached hydrogens (primary N) is 1. The van der Waals surface area contributed by atoms with Crippen LogP contribution in [0.3, 0.4) is 0 Å². The normalized spacial score (nSPS) is 12.2. The third kappa shape index (κ3) is 3.36. The van der Waals surface area contributed by atoms with Gasteiger partial charge in [-0.05, 0) is 41.8 Å². The van der Waals surface area contributed by atoms with Crippen molar-refractivity contribution < 1.29 is 9.18 Å². The maximum atomic E-state index is 13.7. The number of halogens is 2. The Labute approximate surface area is 122 Å². The lowest BCUT2D eigenvalue weighted by molar-refractivity contribution is 0.0972. The second-order valence-corrected chi connectivity index (χ2v) is 5.26. The summed E-state index contributed by atoms with van der Waals surface area (Å²) in [6.07, 6.45) is 0.239. The fourth-order valence-corrected chi connectivity index (χ4v) is 2.20. The SMILES string of the molecule is CC(CC(=O)c1ccc(Cl)cc1F)c1ccc(N)cc1. The molecule has 104 valence electrons. The van der Waals surface area contributed by atoms with Gasteiger partial charge in [-0.1, -0.05) is 30.7 Å². The van der Waals surface area contributed by atoms with Gasteiger partial charge in [0.05, 0.1) is 5.56 Å². The van der Waals surface area contributed by atoms with Crippen LogP contribution in [0.4, 0.5) is 10.1 Å². The average Bonchev–Trinajstić information content (AvgIpc) is 2.39. The van der Waals surface area contributed by atoms with Crippen molar-refractivity contribution in [2.24, 2.45) is 0 Å². The lowest BCUT2D eigenvalue weighted by atomic mass is 9.93. The minimum Gasteiger partial charge on any atom is -0.399 e. The van der Waals surface area contributed by atoms with Gasteiger partial charge in [0.25, 0.3) is 0 Å². The second kappa shape index (κ2) is 6.06. The number of benzene rings is 2. The number of anilines is 1. The molecule has 1 atom stereocenters. The Kier molecular flexibility index (Phi) is 4.40. The van der Waals surface area contributed by atoms with Crippen molar-refractivity contribution in [3.05, 3.63) is 64.4 Å². The van der Waals surface area contributed by atoms with E-state index in [1.54, 1.807) is 12.1 Å². The van der Waals surface area contributed by atoms with E-state index in [9.17, 15) is 9.18 Å². The highest BCUT2D eigenvalue weighted by Gasteiger charge is 2.16. The van der Waals surface area contributed by atoms with Gasteiger partial charge < -0.3 is 5.73 Å². The second-order valence-electron chi connectivity index (χ2n) is 4.82. The topological polar surface area (TPSA) is 43.1 Å². The van der Waals surface area contributed by atoms with E-state index in [1.165, 1.54) is 12.1 Å². The highest BCUT2D eigenvalue weighted by atomic mass is 35.5. The van der Waals surface area contributed by atoms with Crippen LogP contribution < -0.4 is 5.73 Å². The van der Waals surface area contributed by atoms with E-state index >= 15 is 0 Å². The van der Waals surface area contributed by atoms with E-state index in [0.717, 1.165) is 11.6 Å². The molecule has 1 unspecified atom stereocenters. The smallest absolute Gasteiger partial charge is 0.166 e. The van der Waals surface area contributed by atoms with Gasteiger partial charge >= 0.3 is 0 Å². The van der Waals surface area contributed by atoms with Gasteiger partial charge in [-0.15, -0.1) is 0 Å². The summed E-state index contributed by atoms with van der Waals surface area (Å²) in [5.74, 6) is -0.811. The van der Waals surface area contributed by atoms with Crippen LogP contribution in [0.1, 0.15) is 35.2 Å². The fraction of sp³-hybridized carbons (Fsp3) is 0.188. The monoisotopic (exact) mass is 291 g/mol. The number of hydrogen-bond donors (Lipinski definition) is 1. The van der Waals surface area contributed by atoms with Crippen molar-refractivity contribution in [1.82, 2.24) is 0 Å². The number of ketones is 1. The van der Waals surface area contributed by atoms with E-state index < -0.39 is 5.82 Å². The lowest BCUT2D eigenvalue weighted by Gasteiger charge is -2.12. The summed E-state index contributed by atoms with van der Waals surface area (Å²) in [4.78, 5) is 12.1. The molecule has 0 bridgehead atoms. The Hall–Kier alpha value is -1.87. The van der Waals surface area contributed by atoms with Gasteiger partial charge in [0.2, 0.25) is 0 Å². The predicted molar refractivity (Wildman–Crippen MR) is 79.6 cm³/mol. The molecule has 0 aliphatic heterocycles. The predicted octanol–water partition coefficient (Wildman–Crippen LogP) is 4.44. The van der Waals surface area contributed by atoms with Crippen molar-refractivity contribution in [1.29, 1.82) is 0 Å². The molecule has 0 aliphatic rings. The number of hydrogen-bond acceptors (Lipinski definition) is 2. The van der Waals surface area contributed by atoms with Crippen LogP contribution in [-0.2, 0) is 0 Å². The molecule has 4 heteroatoms. The summed E-state index contributed by atoms with van der Waals surface area (Å²) >= 11 is 5.67. The Morgan fingerprint density at radius 2 is 1.90 bits per heavy atom. The molecule has 0 saturated carbocycles. The van der Waals surface area contributed by atoms with E-state index in [2.05, 4.69) is 0 Å². The van der Waals surface area contributed by atoms with Crippen molar-refractivity contribution in [2.75, 3.05) is 5.73 Å². The van der Waals surface area contributed by atoms with E-state index in [0.29, 0.717) is 5.69 Å². The Morgan fingerprint density at radius 3 is 2.50 bits per heavy atom.